The molecule has 0 aliphatic carbocycles. The molecular weight excluding hydrogens is 286 g/mol. The standard InChI is InChI=1S/C16H29NO5/c1-14(2)11-21-15(3,4)17(14)13(18)19-9-7-12-8-10-20-16(5,6)22-12/h12H,7-11H2,1-6H3. The largest absolute Gasteiger partial charge is 0.449 e. The van der Waals surface area contributed by atoms with Crippen LogP contribution in [0.1, 0.15) is 54.4 Å². The average molecular weight is 315 g/mol. The molecule has 2 heterocycles. The lowest BCUT2D eigenvalue weighted by Gasteiger charge is -2.37. The predicted molar refractivity (Wildman–Crippen MR) is 81.4 cm³/mol. The number of carbonyl (C=O) groups excluding carboxylic acids is 1. The monoisotopic (exact) mass is 315 g/mol. The lowest BCUT2D eigenvalue weighted by atomic mass is 10.0. The number of rotatable bonds is 3. The summed E-state index contributed by atoms with van der Waals surface area (Å²) in [5, 5.41) is 0. The number of carbonyl (C=O) groups is 1. The third-order valence-electron chi connectivity index (χ3n) is 4.11. The van der Waals surface area contributed by atoms with Crippen LogP contribution in [-0.4, -0.2) is 54.0 Å². The minimum absolute atomic E-state index is 0.0624. The zero-order chi connectivity index (χ0) is 16.6. The predicted octanol–water partition coefficient (Wildman–Crippen LogP) is 2.90. The smallest absolute Gasteiger partial charge is 0.412 e. The Balaban J connectivity index is 1.83. The summed E-state index contributed by atoms with van der Waals surface area (Å²) in [6.45, 7) is 13.0. The van der Waals surface area contributed by atoms with Crippen molar-refractivity contribution in [1.29, 1.82) is 0 Å². The van der Waals surface area contributed by atoms with Gasteiger partial charge in [-0.2, -0.15) is 0 Å². The van der Waals surface area contributed by atoms with E-state index in [2.05, 4.69) is 0 Å². The van der Waals surface area contributed by atoms with E-state index in [-0.39, 0.29) is 17.7 Å². The van der Waals surface area contributed by atoms with Crippen LogP contribution in [0.15, 0.2) is 0 Å². The maximum atomic E-state index is 12.4. The Morgan fingerprint density at radius 1 is 1.18 bits per heavy atom. The van der Waals surface area contributed by atoms with E-state index in [0.29, 0.717) is 26.2 Å². The van der Waals surface area contributed by atoms with Crippen molar-refractivity contribution in [3.05, 3.63) is 0 Å². The number of amides is 1. The van der Waals surface area contributed by atoms with Crippen LogP contribution in [0, 0.1) is 0 Å². The highest BCUT2D eigenvalue weighted by Gasteiger charge is 2.49. The van der Waals surface area contributed by atoms with Crippen LogP contribution in [0.25, 0.3) is 0 Å². The van der Waals surface area contributed by atoms with Gasteiger partial charge in [0.1, 0.15) is 5.72 Å². The van der Waals surface area contributed by atoms with E-state index in [0.717, 1.165) is 6.42 Å². The van der Waals surface area contributed by atoms with Gasteiger partial charge in [-0.15, -0.1) is 0 Å². The second-order valence-corrected chi connectivity index (χ2v) is 7.56. The molecular formula is C16H29NO5. The molecule has 2 aliphatic rings. The summed E-state index contributed by atoms with van der Waals surface area (Å²) in [4.78, 5) is 14.1. The van der Waals surface area contributed by atoms with Gasteiger partial charge in [0.05, 0.1) is 31.5 Å². The molecule has 1 atom stereocenters. The molecule has 0 bridgehead atoms. The average Bonchev–Trinajstić information content (AvgIpc) is 2.57. The Morgan fingerprint density at radius 2 is 1.86 bits per heavy atom. The van der Waals surface area contributed by atoms with Gasteiger partial charge in [-0.1, -0.05) is 0 Å². The van der Waals surface area contributed by atoms with Crippen molar-refractivity contribution in [2.24, 2.45) is 0 Å². The first-order chi connectivity index (χ1) is 10.0. The highest BCUT2D eigenvalue weighted by atomic mass is 16.7. The first-order valence-electron chi connectivity index (χ1n) is 7.96. The molecule has 6 nitrogen and oxygen atoms in total. The summed E-state index contributed by atoms with van der Waals surface area (Å²) >= 11 is 0. The summed E-state index contributed by atoms with van der Waals surface area (Å²) in [6, 6.07) is 0. The maximum absolute atomic E-state index is 12.4. The lowest BCUT2D eigenvalue weighted by molar-refractivity contribution is -0.274. The second kappa shape index (κ2) is 5.98. The van der Waals surface area contributed by atoms with Crippen LogP contribution < -0.4 is 0 Å². The number of ether oxygens (including phenoxy) is 4. The van der Waals surface area contributed by atoms with Gasteiger partial charge < -0.3 is 18.9 Å². The van der Waals surface area contributed by atoms with Crippen LogP contribution >= 0.6 is 0 Å². The first-order valence-corrected chi connectivity index (χ1v) is 7.96. The number of hydrogen-bond donors (Lipinski definition) is 0. The Kier molecular flexibility index (Phi) is 4.76. The van der Waals surface area contributed by atoms with Crippen molar-refractivity contribution in [3.8, 4) is 0 Å². The van der Waals surface area contributed by atoms with Gasteiger partial charge in [-0.3, -0.25) is 4.90 Å². The van der Waals surface area contributed by atoms with Gasteiger partial charge in [-0.25, -0.2) is 4.79 Å². The van der Waals surface area contributed by atoms with Crippen LogP contribution in [-0.2, 0) is 18.9 Å². The molecule has 0 N–H and O–H groups in total. The lowest BCUT2D eigenvalue weighted by Crippen LogP contribution is -2.53. The van der Waals surface area contributed by atoms with E-state index in [1.807, 2.05) is 41.5 Å². The fourth-order valence-electron chi connectivity index (χ4n) is 3.15. The van der Waals surface area contributed by atoms with Gasteiger partial charge in [0.25, 0.3) is 0 Å². The number of nitrogens with zero attached hydrogens (tertiary/aromatic N) is 1. The minimum Gasteiger partial charge on any atom is -0.449 e. The molecule has 2 fully saturated rings. The van der Waals surface area contributed by atoms with Crippen molar-refractivity contribution < 1.29 is 23.7 Å². The van der Waals surface area contributed by atoms with Gasteiger partial charge in [0, 0.05) is 6.42 Å². The molecule has 1 unspecified atom stereocenters. The van der Waals surface area contributed by atoms with Gasteiger partial charge >= 0.3 is 6.09 Å². The molecule has 2 aliphatic heterocycles. The zero-order valence-electron chi connectivity index (χ0n) is 14.6. The van der Waals surface area contributed by atoms with E-state index in [9.17, 15) is 4.79 Å². The van der Waals surface area contributed by atoms with Gasteiger partial charge in [0.15, 0.2) is 5.79 Å². The van der Waals surface area contributed by atoms with E-state index in [1.165, 1.54) is 0 Å². The molecule has 0 aromatic heterocycles. The maximum Gasteiger partial charge on any atom is 0.412 e. The molecule has 2 rings (SSSR count). The SMILES string of the molecule is CC1(C)OCCC(CCOC(=O)N2C(C)(C)COC2(C)C)O1. The highest BCUT2D eigenvalue weighted by Crippen LogP contribution is 2.35. The Hall–Kier alpha value is -0.850. The summed E-state index contributed by atoms with van der Waals surface area (Å²) in [5.41, 5.74) is -1.00. The third kappa shape index (κ3) is 3.91. The third-order valence-corrected chi connectivity index (χ3v) is 4.11. The van der Waals surface area contributed by atoms with Crippen molar-refractivity contribution in [1.82, 2.24) is 4.90 Å². The molecule has 0 aromatic carbocycles. The second-order valence-electron chi connectivity index (χ2n) is 7.56. The van der Waals surface area contributed by atoms with Crippen molar-refractivity contribution >= 4 is 6.09 Å². The fourth-order valence-corrected chi connectivity index (χ4v) is 3.15. The molecule has 22 heavy (non-hydrogen) atoms. The first kappa shape index (κ1) is 17.5. The molecule has 0 saturated carbocycles. The van der Waals surface area contributed by atoms with E-state index >= 15 is 0 Å². The van der Waals surface area contributed by atoms with E-state index < -0.39 is 11.5 Å². The van der Waals surface area contributed by atoms with Crippen LogP contribution in [0.4, 0.5) is 4.79 Å². The molecule has 0 aromatic rings. The quantitative estimate of drug-likeness (QED) is 0.801. The van der Waals surface area contributed by atoms with Crippen LogP contribution in [0.3, 0.4) is 0 Å². The van der Waals surface area contributed by atoms with Crippen molar-refractivity contribution in [2.45, 2.75) is 77.5 Å². The molecule has 6 heteroatoms. The molecule has 128 valence electrons. The van der Waals surface area contributed by atoms with Crippen LogP contribution in [0.5, 0.6) is 0 Å². The zero-order valence-corrected chi connectivity index (χ0v) is 14.6. The molecule has 1 amide bonds. The minimum atomic E-state index is -0.641. The van der Waals surface area contributed by atoms with E-state index in [4.69, 9.17) is 18.9 Å². The fraction of sp³-hybridized carbons (Fsp3) is 0.938. The Morgan fingerprint density at radius 3 is 2.41 bits per heavy atom. The Labute approximate surface area is 133 Å². The van der Waals surface area contributed by atoms with Crippen LogP contribution in [0.2, 0.25) is 0 Å². The van der Waals surface area contributed by atoms with E-state index in [1.54, 1.807) is 4.90 Å². The molecule has 0 spiro atoms. The molecule has 0 radical (unpaired) electrons. The summed E-state index contributed by atoms with van der Waals surface area (Å²) < 4.78 is 22.5. The van der Waals surface area contributed by atoms with Crippen molar-refractivity contribution in [2.75, 3.05) is 19.8 Å². The normalized spacial score (nSPS) is 29.4. The van der Waals surface area contributed by atoms with Gasteiger partial charge in [0.2, 0.25) is 0 Å². The molecule has 2 saturated heterocycles. The number of hydrogen-bond acceptors (Lipinski definition) is 5. The van der Waals surface area contributed by atoms with Gasteiger partial charge in [-0.05, 0) is 48.0 Å². The summed E-state index contributed by atoms with van der Waals surface area (Å²) in [7, 11) is 0. The van der Waals surface area contributed by atoms with Crippen molar-refractivity contribution in [3.63, 3.8) is 0 Å². The Bertz CT molecular complexity index is 403. The summed E-state index contributed by atoms with van der Waals surface area (Å²) in [5.74, 6) is -0.556. The highest BCUT2D eigenvalue weighted by molar-refractivity contribution is 5.69. The topological polar surface area (TPSA) is 57.2 Å². The summed E-state index contributed by atoms with van der Waals surface area (Å²) in [6.07, 6.45) is 1.23.